The van der Waals surface area contributed by atoms with Gasteiger partial charge in [0, 0.05) is 26.6 Å². The van der Waals surface area contributed by atoms with Crippen LogP contribution < -0.4 is 5.56 Å². The van der Waals surface area contributed by atoms with E-state index >= 15 is 0 Å². The fourth-order valence-electron chi connectivity index (χ4n) is 0.911. The highest BCUT2D eigenvalue weighted by atomic mass is 16.2. The minimum atomic E-state index is -0.239. The van der Waals surface area contributed by atoms with Gasteiger partial charge in [0.2, 0.25) is 5.91 Å². The molecule has 0 aliphatic rings. The molecule has 1 aromatic rings. The normalized spacial score (nSPS) is 10.5. The van der Waals surface area contributed by atoms with Crippen LogP contribution in [-0.2, 0) is 4.79 Å². The number of H-pyrrole nitrogens is 1. The maximum Gasteiger partial charge on any atom is 0.264 e. The van der Waals surface area contributed by atoms with Crippen molar-refractivity contribution < 1.29 is 4.79 Å². The Labute approximate surface area is 87.4 Å². The van der Waals surface area contributed by atoms with Crippen LogP contribution in [0.5, 0.6) is 0 Å². The van der Waals surface area contributed by atoms with E-state index in [1.807, 2.05) is 0 Å². The maximum atomic E-state index is 11.2. The molecule has 0 bridgehead atoms. The summed E-state index contributed by atoms with van der Waals surface area (Å²) < 4.78 is 0. The first-order chi connectivity index (χ1) is 7.09. The predicted molar refractivity (Wildman–Crippen MR) is 57.2 cm³/mol. The molecule has 0 fully saturated rings. The highest BCUT2D eigenvalue weighted by Crippen LogP contribution is 1.96. The highest BCUT2D eigenvalue weighted by molar-refractivity contribution is 5.77. The first-order valence-corrected chi connectivity index (χ1v) is 4.52. The average Bonchev–Trinajstić information content (AvgIpc) is 2.20. The van der Waals surface area contributed by atoms with E-state index in [1.165, 1.54) is 11.0 Å². The molecule has 1 heterocycles. The number of hydrogen-bond acceptors (Lipinski definition) is 3. The molecule has 0 atom stereocenters. The fourth-order valence-corrected chi connectivity index (χ4v) is 0.911. The van der Waals surface area contributed by atoms with Gasteiger partial charge in [-0.3, -0.25) is 9.59 Å². The number of rotatable bonds is 3. The molecule has 15 heavy (non-hydrogen) atoms. The second kappa shape index (κ2) is 5.09. The Morgan fingerprint density at radius 1 is 1.53 bits per heavy atom. The third kappa shape index (κ3) is 3.76. The second-order valence-corrected chi connectivity index (χ2v) is 3.24. The van der Waals surface area contributed by atoms with Crippen molar-refractivity contribution in [1.29, 1.82) is 0 Å². The monoisotopic (exact) mass is 207 g/mol. The van der Waals surface area contributed by atoms with Crippen LogP contribution in [0.25, 0.3) is 6.08 Å². The summed E-state index contributed by atoms with van der Waals surface area (Å²) in [5.41, 5.74) is 0.387. The molecule has 0 aliphatic carbocycles. The summed E-state index contributed by atoms with van der Waals surface area (Å²) in [6.07, 6.45) is 3.73. The van der Waals surface area contributed by atoms with E-state index in [-0.39, 0.29) is 11.5 Å². The van der Waals surface area contributed by atoms with Crippen molar-refractivity contribution in [3.63, 3.8) is 0 Å². The van der Waals surface area contributed by atoms with Crippen LogP contribution in [0.1, 0.15) is 12.1 Å². The zero-order chi connectivity index (χ0) is 11.3. The SMILES string of the molecule is CN(C)C(=O)C/C=C/c1ccc(=O)[nH]n1. The molecule has 0 radical (unpaired) electrons. The van der Waals surface area contributed by atoms with Crippen molar-refractivity contribution in [3.05, 3.63) is 34.3 Å². The highest BCUT2D eigenvalue weighted by Gasteiger charge is 1.99. The summed E-state index contributed by atoms with van der Waals surface area (Å²) in [6, 6.07) is 2.98. The Kier molecular flexibility index (Phi) is 3.79. The van der Waals surface area contributed by atoms with E-state index in [2.05, 4.69) is 10.2 Å². The van der Waals surface area contributed by atoms with Gasteiger partial charge in [-0.05, 0) is 12.1 Å². The number of aromatic amines is 1. The lowest BCUT2D eigenvalue weighted by molar-refractivity contribution is -0.127. The van der Waals surface area contributed by atoms with Gasteiger partial charge in [0.1, 0.15) is 0 Å². The van der Waals surface area contributed by atoms with Crippen LogP contribution in [0.2, 0.25) is 0 Å². The minimum absolute atomic E-state index is 0.0238. The summed E-state index contributed by atoms with van der Waals surface area (Å²) in [6.45, 7) is 0. The van der Waals surface area contributed by atoms with Crippen LogP contribution in [-0.4, -0.2) is 35.1 Å². The first kappa shape index (κ1) is 11.2. The van der Waals surface area contributed by atoms with Crippen molar-refractivity contribution in [3.8, 4) is 0 Å². The van der Waals surface area contributed by atoms with Gasteiger partial charge in [-0.1, -0.05) is 6.08 Å². The van der Waals surface area contributed by atoms with Crippen molar-refractivity contribution in [2.75, 3.05) is 14.1 Å². The summed E-state index contributed by atoms with van der Waals surface area (Å²) in [5.74, 6) is 0.0238. The van der Waals surface area contributed by atoms with Gasteiger partial charge in [-0.15, -0.1) is 0 Å². The molecule has 1 amide bonds. The largest absolute Gasteiger partial charge is 0.349 e. The number of hydrogen-bond donors (Lipinski definition) is 1. The summed E-state index contributed by atoms with van der Waals surface area (Å²) in [7, 11) is 3.41. The molecule has 0 aliphatic heterocycles. The molecule has 0 saturated carbocycles. The zero-order valence-electron chi connectivity index (χ0n) is 8.73. The second-order valence-electron chi connectivity index (χ2n) is 3.24. The fraction of sp³-hybridized carbons (Fsp3) is 0.300. The summed E-state index contributed by atoms with van der Waals surface area (Å²) >= 11 is 0. The molecule has 1 rings (SSSR count). The molecule has 0 spiro atoms. The quantitative estimate of drug-likeness (QED) is 0.773. The standard InChI is InChI=1S/C10H13N3O2/c1-13(2)10(15)5-3-4-8-6-7-9(14)12-11-8/h3-4,6-7H,5H2,1-2H3,(H,12,14)/b4-3+. The van der Waals surface area contributed by atoms with Gasteiger partial charge >= 0.3 is 0 Å². The lowest BCUT2D eigenvalue weighted by Gasteiger charge is -2.06. The molecule has 0 unspecified atom stereocenters. The van der Waals surface area contributed by atoms with E-state index < -0.39 is 0 Å². The van der Waals surface area contributed by atoms with E-state index in [1.54, 1.807) is 32.3 Å². The van der Waals surface area contributed by atoms with Gasteiger partial charge < -0.3 is 4.90 Å². The smallest absolute Gasteiger partial charge is 0.264 e. The van der Waals surface area contributed by atoms with Crippen LogP contribution in [0, 0.1) is 0 Å². The zero-order valence-corrected chi connectivity index (χ0v) is 8.73. The van der Waals surface area contributed by atoms with Crippen LogP contribution in [0.3, 0.4) is 0 Å². The van der Waals surface area contributed by atoms with Crippen LogP contribution in [0.4, 0.5) is 0 Å². The van der Waals surface area contributed by atoms with Crippen LogP contribution >= 0.6 is 0 Å². The van der Waals surface area contributed by atoms with Gasteiger partial charge in [-0.2, -0.15) is 5.10 Å². The van der Waals surface area contributed by atoms with Gasteiger partial charge in [0.25, 0.3) is 5.56 Å². The van der Waals surface area contributed by atoms with E-state index in [0.29, 0.717) is 12.1 Å². The molecule has 5 heteroatoms. The molecular weight excluding hydrogens is 194 g/mol. The molecule has 0 saturated heterocycles. The summed E-state index contributed by atoms with van der Waals surface area (Å²) in [5, 5.41) is 6.08. The van der Waals surface area contributed by atoms with E-state index in [9.17, 15) is 9.59 Å². The molecule has 1 N–H and O–H groups in total. The topological polar surface area (TPSA) is 66.1 Å². The number of aromatic nitrogens is 2. The Hall–Kier alpha value is -1.91. The van der Waals surface area contributed by atoms with Crippen molar-refractivity contribution in [2.45, 2.75) is 6.42 Å². The maximum absolute atomic E-state index is 11.2. The third-order valence-corrected chi connectivity index (χ3v) is 1.78. The third-order valence-electron chi connectivity index (χ3n) is 1.78. The van der Waals surface area contributed by atoms with Crippen molar-refractivity contribution in [1.82, 2.24) is 15.1 Å². The first-order valence-electron chi connectivity index (χ1n) is 4.52. The molecule has 0 aromatic carbocycles. The van der Waals surface area contributed by atoms with Gasteiger partial charge in [0.15, 0.2) is 0 Å². The number of nitrogens with one attached hydrogen (secondary N) is 1. The predicted octanol–water partition coefficient (Wildman–Crippen LogP) is 0.261. The number of nitrogens with zero attached hydrogens (tertiary/aromatic N) is 2. The van der Waals surface area contributed by atoms with E-state index in [0.717, 1.165) is 0 Å². The molecule has 5 nitrogen and oxygen atoms in total. The minimum Gasteiger partial charge on any atom is -0.349 e. The Balaban J connectivity index is 2.55. The number of carbonyl (C=O) groups excluding carboxylic acids is 1. The van der Waals surface area contributed by atoms with Crippen molar-refractivity contribution in [2.24, 2.45) is 0 Å². The van der Waals surface area contributed by atoms with Gasteiger partial charge in [0.05, 0.1) is 5.69 Å². The number of amides is 1. The van der Waals surface area contributed by atoms with E-state index in [4.69, 9.17) is 0 Å². The molecular formula is C10H13N3O2. The van der Waals surface area contributed by atoms with Crippen molar-refractivity contribution >= 4 is 12.0 Å². The Morgan fingerprint density at radius 2 is 2.27 bits per heavy atom. The Bertz CT molecular complexity index is 400. The molecule has 1 aromatic heterocycles. The molecule has 80 valence electrons. The average molecular weight is 207 g/mol. The summed E-state index contributed by atoms with van der Waals surface area (Å²) in [4.78, 5) is 23.4. The lowest BCUT2D eigenvalue weighted by atomic mass is 10.3. The van der Waals surface area contributed by atoms with Crippen LogP contribution in [0.15, 0.2) is 23.0 Å². The lowest BCUT2D eigenvalue weighted by Crippen LogP contribution is -2.20. The van der Waals surface area contributed by atoms with Gasteiger partial charge in [-0.25, -0.2) is 5.10 Å². The Morgan fingerprint density at radius 3 is 2.80 bits per heavy atom. The number of carbonyl (C=O) groups is 1.